The summed E-state index contributed by atoms with van der Waals surface area (Å²) in [5, 5.41) is 0.480. The molecular weight excluding hydrogens is 202 g/mol. The van der Waals surface area contributed by atoms with Gasteiger partial charge in [0.25, 0.3) is 0 Å². The van der Waals surface area contributed by atoms with Gasteiger partial charge in [-0.2, -0.15) is 0 Å². The van der Waals surface area contributed by atoms with Crippen LogP contribution in [0, 0.1) is 13.8 Å². The van der Waals surface area contributed by atoms with Gasteiger partial charge in [-0.05, 0) is 31.0 Å². The van der Waals surface area contributed by atoms with Crippen molar-refractivity contribution in [3.8, 4) is 0 Å². The number of halogens is 1. The van der Waals surface area contributed by atoms with Crippen LogP contribution in [0.4, 0.5) is 5.69 Å². The summed E-state index contributed by atoms with van der Waals surface area (Å²) in [7, 11) is 1.33. The first kappa shape index (κ1) is 10.9. The minimum absolute atomic E-state index is 0.408. The number of nitrogen functional groups attached to an aromatic ring is 1. The standard InChI is InChI=1S/C10H12ClNO2/c1-5-7(11)4-8(12)6(2)9(5)10(13)14-3/h4H,12H2,1-3H3. The molecule has 0 fully saturated rings. The van der Waals surface area contributed by atoms with Crippen molar-refractivity contribution in [1.82, 2.24) is 0 Å². The summed E-state index contributed by atoms with van der Waals surface area (Å²) in [6.45, 7) is 3.53. The van der Waals surface area contributed by atoms with E-state index < -0.39 is 5.97 Å². The lowest BCUT2D eigenvalue weighted by molar-refractivity contribution is 0.0599. The molecule has 0 saturated heterocycles. The Hall–Kier alpha value is -1.22. The molecule has 0 bridgehead atoms. The van der Waals surface area contributed by atoms with Crippen LogP contribution < -0.4 is 5.73 Å². The van der Waals surface area contributed by atoms with Crippen LogP contribution in [0.2, 0.25) is 5.02 Å². The molecule has 14 heavy (non-hydrogen) atoms. The van der Waals surface area contributed by atoms with Gasteiger partial charge in [0.15, 0.2) is 0 Å². The topological polar surface area (TPSA) is 52.3 Å². The van der Waals surface area contributed by atoms with Gasteiger partial charge >= 0.3 is 5.97 Å². The number of carbonyl (C=O) groups excluding carboxylic acids is 1. The number of methoxy groups -OCH3 is 1. The molecule has 0 unspecified atom stereocenters. The molecule has 76 valence electrons. The summed E-state index contributed by atoms with van der Waals surface area (Å²) >= 11 is 5.90. The second kappa shape index (κ2) is 3.88. The van der Waals surface area contributed by atoms with Gasteiger partial charge in [-0.25, -0.2) is 4.79 Å². The fraction of sp³-hybridized carbons (Fsp3) is 0.300. The first-order valence-electron chi connectivity index (χ1n) is 4.12. The predicted molar refractivity (Wildman–Crippen MR) is 56.7 cm³/mol. The fourth-order valence-electron chi connectivity index (χ4n) is 1.31. The van der Waals surface area contributed by atoms with Crippen LogP contribution in [-0.2, 0) is 4.74 Å². The van der Waals surface area contributed by atoms with Crippen molar-refractivity contribution in [3.63, 3.8) is 0 Å². The first-order chi connectivity index (χ1) is 6.49. The van der Waals surface area contributed by atoms with Crippen LogP contribution in [0.5, 0.6) is 0 Å². The lowest BCUT2D eigenvalue weighted by Gasteiger charge is -2.11. The maximum absolute atomic E-state index is 11.4. The molecule has 1 rings (SSSR count). The number of ether oxygens (including phenoxy) is 1. The quantitative estimate of drug-likeness (QED) is 0.576. The first-order valence-corrected chi connectivity index (χ1v) is 4.50. The van der Waals surface area contributed by atoms with Crippen molar-refractivity contribution in [2.75, 3.05) is 12.8 Å². The van der Waals surface area contributed by atoms with Gasteiger partial charge < -0.3 is 10.5 Å². The van der Waals surface area contributed by atoms with Crippen molar-refractivity contribution in [2.45, 2.75) is 13.8 Å². The Balaban J connectivity index is 3.47. The number of benzene rings is 1. The second-order valence-electron chi connectivity index (χ2n) is 3.06. The minimum Gasteiger partial charge on any atom is -0.465 e. The summed E-state index contributed by atoms with van der Waals surface area (Å²) in [4.78, 5) is 11.4. The molecule has 4 heteroatoms. The number of esters is 1. The lowest BCUT2D eigenvalue weighted by Crippen LogP contribution is -2.08. The molecule has 0 atom stereocenters. The Morgan fingerprint density at radius 3 is 2.50 bits per heavy atom. The zero-order valence-corrected chi connectivity index (χ0v) is 9.11. The molecule has 0 aliphatic carbocycles. The average Bonchev–Trinajstić information content (AvgIpc) is 2.15. The van der Waals surface area contributed by atoms with Crippen LogP contribution >= 0.6 is 11.6 Å². The zero-order chi connectivity index (χ0) is 10.9. The lowest BCUT2D eigenvalue weighted by atomic mass is 10.0. The number of hydrogen-bond donors (Lipinski definition) is 1. The molecule has 2 N–H and O–H groups in total. The minimum atomic E-state index is -0.408. The van der Waals surface area contributed by atoms with E-state index >= 15 is 0 Å². The van der Waals surface area contributed by atoms with Crippen molar-refractivity contribution in [1.29, 1.82) is 0 Å². The van der Waals surface area contributed by atoms with E-state index in [-0.39, 0.29) is 0 Å². The normalized spacial score (nSPS) is 10.0. The third kappa shape index (κ3) is 1.68. The van der Waals surface area contributed by atoms with Gasteiger partial charge in [0.1, 0.15) is 0 Å². The van der Waals surface area contributed by atoms with Gasteiger partial charge in [-0.15, -0.1) is 0 Å². The van der Waals surface area contributed by atoms with E-state index in [0.29, 0.717) is 27.4 Å². The highest BCUT2D eigenvalue weighted by atomic mass is 35.5. The van der Waals surface area contributed by atoms with Gasteiger partial charge in [0, 0.05) is 10.7 Å². The summed E-state index contributed by atoms with van der Waals surface area (Å²) < 4.78 is 4.65. The third-order valence-electron chi connectivity index (χ3n) is 2.21. The molecular formula is C10H12ClNO2. The van der Waals surface area contributed by atoms with Gasteiger partial charge in [-0.3, -0.25) is 0 Å². The van der Waals surface area contributed by atoms with Crippen LogP contribution in [0.3, 0.4) is 0 Å². The molecule has 0 amide bonds. The van der Waals surface area contributed by atoms with E-state index in [2.05, 4.69) is 4.74 Å². The maximum atomic E-state index is 11.4. The number of carbonyl (C=O) groups is 1. The highest BCUT2D eigenvalue weighted by Gasteiger charge is 2.16. The van der Waals surface area contributed by atoms with E-state index in [4.69, 9.17) is 17.3 Å². The average molecular weight is 214 g/mol. The van der Waals surface area contributed by atoms with Gasteiger partial charge in [0.05, 0.1) is 12.7 Å². The van der Waals surface area contributed by atoms with Crippen LogP contribution in [0.1, 0.15) is 21.5 Å². The second-order valence-corrected chi connectivity index (χ2v) is 3.47. The Labute approximate surface area is 87.8 Å². The Kier molecular flexibility index (Phi) is 3.01. The van der Waals surface area contributed by atoms with E-state index in [1.165, 1.54) is 7.11 Å². The van der Waals surface area contributed by atoms with E-state index in [0.717, 1.165) is 0 Å². The summed E-state index contributed by atoms with van der Waals surface area (Å²) in [5.74, 6) is -0.408. The molecule has 0 aromatic heterocycles. The van der Waals surface area contributed by atoms with E-state index in [1.807, 2.05) is 0 Å². The Bertz CT molecular complexity index is 362. The Morgan fingerprint density at radius 2 is 2.00 bits per heavy atom. The highest BCUT2D eigenvalue weighted by Crippen LogP contribution is 2.27. The molecule has 0 heterocycles. The molecule has 3 nitrogen and oxygen atoms in total. The Morgan fingerprint density at radius 1 is 1.43 bits per heavy atom. The summed E-state index contributed by atoms with van der Waals surface area (Å²) in [6, 6.07) is 1.64. The maximum Gasteiger partial charge on any atom is 0.338 e. The van der Waals surface area contributed by atoms with Crippen LogP contribution in [-0.4, -0.2) is 13.1 Å². The number of rotatable bonds is 1. The fourth-order valence-corrected chi connectivity index (χ4v) is 1.52. The third-order valence-corrected chi connectivity index (χ3v) is 2.61. The van der Waals surface area contributed by atoms with Crippen molar-refractivity contribution < 1.29 is 9.53 Å². The predicted octanol–water partition coefficient (Wildman–Crippen LogP) is 2.33. The number of nitrogens with two attached hydrogens (primary N) is 1. The van der Waals surface area contributed by atoms with Crippen molar-refractivity contribution >= 4 is 23.3 Å². The molecule has 0 saturated carbocycles. The van der Waals surface area contributed by atoms with E-state index in [9.17, 15) is 4.79 Å². The van der Waals surface area contributed by atoms with Gasteiger partial charge in [0.2, 0.25) is 0 Å². The largest absolute Gasteiger partial charge is 0.465 e. The van der Waals surface area contributed by atoms with Crippen molar-refractivity contribution in [3.05, 3.63) is 27.8 Å². The molecule has 1 aromatic carbocycles. The van der Waals surface area contributed by atoms with Gasteiger partial charge in [-0.1, -0.05) is 11.6 Å². The monoisotopic (exact) mass is 213 g/mol. The SMILES string of the molecule is COC(=O)c1c(C)c(N)cc(Cl)c1C. The zero-order valence-electron chi connectivity index (χ0n) is 8.35. The summed E-state index contributed by atoms with van der Waals surface area (Å²) in [6.07, 6.45) is 0. The molecule has 0 spiro atoms. The number of hydrogen-bond acceptors (Lipinski definition) is 3. The smallest absolute Gasteiger partial charge is 0.338 e. The molecule has 1 aromatic rings. The molecule has 0 aliphatic rings. The molecule has 0 radical (unpaired) electrons. The highest BCUT2D eigenvalue weighted by molar-refractivity contribution is 6.32. The number of anilines is 1. The molecule has 0 aliphatic heterocycles. The van der Waals surface area contributed by atoms with Crippen LogP contribution in [0.15, 0.2) is 6.07 Å². The van der Waals surface area contributed by atoms with Crippen LogP contribution in [0.25, 0.3) is 0 Å². The van der Waals surface area contributed by atoms with Crippen molar-refractivity contribution in [2.24, 2.45) is 0 Å². The summed E-state index contributed by atoms with van der Waals surface area (Å²) in [5.41, 5.74) is 8.05. The van der Waals surface area contributed by atoms with E-state index in [1.54, 1.807) is 19.9 Å².